The van der Waals surface area contributed by atoms with Crippen LogP contribution < -0.4 is 11.6 Å². The fourth-order valence-electron chi connectivity index (χ4n) is 0.746. The fourth-order valence-corrected chi connectivity index (χ4v) is 0.746. The van der Waals surface area contributed by atoms with E-state index in [1.807, 2.05) is 24.3 Å². The van der Waals surface area contributed by atoms with Gasteiger partial charge in [0.15, 0.2) is 0 Å². The Morgan fingerprint density at radius 2 is 1.82 bits per heavy atom. The second-order valence-electron chi connectivity index (χ2n) is 2.16. The van der Waals surface area contributed by atoms with Crippen LogP contribution in [0.5, 0.6) is 0 Å². The van der Waals surface area contributed by atoms with E-state index in [-0.39, 0.29) is 0 Å². The van der Waals surface area contributed by atoms with E-state index >= 15 is 0 Å². The minimum absolute atomic E-state index is 0.511. The van der Waals surface area contributed by atoms with Crippen LogP contribution in [0.4, 0.5) is 5.69 Å². The van der Waals surface area contributed by atoms with Crippen LogP contribution in [0.25, 0.3) is 0 Å². The molecule has 0 aliphatic rings. The lowest BCUT2D eigenvalue weighted by Crippen LogP contribution is -1.86. The van der Waals surface area contributed by atoms with Gasteiger partial charge in [-0.25, -0.2) is 0 Å². The van der Waals surface area contributed by atoms with Gasteiger partial charge < -0.3 is 11.6 Å². The molecule has 0 atom stereocenters. The van der Waals surface area contributed by atoms with Crippen LogP contribution in [-0.2, 0) is 6.54 Å². The summed E-state index contributed by atoms with van der Waals surface area (Å²) in [6.45, 7) is 0.511. The summed E-state index contributed by atoms with van der Waals surface area (Å²) in [5.74, 6) is 4.84. The van der Waals surface area contributed by atoms with Gasteiger partial charge in [-0.15, -0.1) is 0 Å². The molecule has 58 valence electrons. The topological polar surface area (TPSA) is 76.8 Å². The maximum Gasteiger partial charge on any atom is 0.0870 e. The molecule has 4 nitrogen and oxygen atoms in total. The third kappa shape index (κ3) is 2.25. The van der Waals surface area contributed by atoms with E-state index in [0.29, 0.717) is 6.54 Å². The van der Waals surface area contributed by atoms with Crippen molar-refractivity contribution in [3.8, 4) is 0 Å². The van der Waals surface area contributed by atoms with Crippen molar-refractivity contribution >= 4 is 5.69 Å². The van der Waals surface area contributed by atoms with E-state index in [9.17, 15) is 0 Å². The van der Waals surface area contributed by atoms with Crippen LogP contribution in [0, 0.1) is 0 Å². The van der Waals surface area contributed by atoms with Crippen molar-refractivity contribution < 1.29 is 0 Å². The maximum atomic E-state index is 5.48. The monoisotopic (exact) mass is 150 g/mol. The zero-order valence-electron chi connectivity index (χ0n) is 6.07. The number of nitrogens with two attached hydrogens (primary N) is 2. The van der Waals surface area contributed by atoms with E-state index < -0.39 is 0 Å². The quantitative estimate of drug-likeness (QED) is 0.286. The van der Waals surface area contributed by atoms with Crippen LogP contribution >= 0.6 is 0 Å². The van der Waals surface area contributed by atoms with Crippen LogP contribution in [0.2, 0.25) is 0 Å². The van der Waals surface area contributed by atoms with Crippen molar-refractivity contribution in [1.29, 1.82) is 0 Å². The first-order chi connectivity index (χ1) is 5.33. The number of hydrogen-bond acceptors (Lipinski definition) is 3. The molecule has 0 spiro atoms. The summed E-state index contributed by atoms with van der Waals surface area (Å²) in [4.78, 5) is 0. The highest BCUT2D eigenvalue weighted by Gasteiger charge is 1.88. The van der Waals surface area contributed by atoms with Gasteiger partial charge >= 0.3 is 0 Å². The van der Waals surface area contributed by atoms with Crippen LogP contribution in [0.3, 0.4) is 0 Å². The molecule has 0 aliphatic heterocycles. The Bertz CT molecular complexity index is 239. The Kier molecular flexibility index (Phi) is 2.43. The summed E-state index contributed by atoms with van der Waals surface area (Å²) in [5, 5.41) is 6.78. The Labute approximate surface area is 64.9 Å². The molecule has 1 aromatic carbocycles. The van der Waals surface area contributed by atoms with Crippen molar-refractivity contribution in [3.05, 3.63) is 29.8 Å². The van der Waals surface area contributed by atoms with Gasteiger partial charge in [0.05, 0.1) is 6.54 Å². The van der Waals surface area contributed by atoms with Crippen molar-refractivity contribution in [2.24, 2.45) is 16.2 Å². The molecule has 11 heavy (non-hydrogen) atoms. The minimum atomic E-state index is 0.511. The molecule has 0 aromatic heterocycles. The molecular formula is C7H10N4. The summed E-state index contributed by atoms with van der Waals surface area (Å²) in [6, 6.07) is 7.43. The second kappa shape index (κ2) is 3.55. The van der Waals surface area contributed by atoms with E-state index in [4.69, 9.17) is 11.6 Å². The average Bonchev–Trinajstić information content (AvgIpc) is 2.04. The van der Waals surface area contributed by atoms with Gasteiger partial charge in [0.1, 0.15) is 0 Å². The molecule has 0 saturated heterocycles. The number of nitrogens with zero attached hydrogens (tertiary/aromatic N) is 2. The SMILES string of the molecule is NN=NCc1ccc(N)cc1. The molecule has 1 aromatic rings. The van der Waals surface area contributed by atoms with Crippen molar-refractivity contribution in [2.45, 2.75) is 6.54 Å². The van der Waals surface area contributed by atoms with Crippen molar-refractivity contribution in [1.82, 2.24) is 0 Å². The van der Waals surface area contributed by atoms with Gasteiger partial charge in [-0.05, 0) is 17.7 Å². The predicted molar refractivity (Wildman–Crippen MR) is 43.6 cm³/mol. The largest absolute Gasteiger partial charge is 0.399 e. The number of rotatable bonds is 2. The lowest BCUT2D eigenvalue weighted by atomic mass is 10.2. The van der Waals surface area contributed by atoms with E-state index in [1.165, 1.54) is 0 Å². The number of nitrogen functional groups attached to an aromatic ring is 1. The Morgan fingerprint density at radius 1 is 1.18 bits per heavy atom. The summed E-state index contributed by atoms with van der Waals surface area (Å²) in [5.41, 5.74) is 7.27. The molecule has 0 radical (unpaired) electrons. The summed E-state index contributed by atoms with van der Waals surface area (Å²) >= 11 is 0. The summed E-state index contributed by atoms with van der Waals surface area (Å²) in [7, 11) is 0. The first-order valence-corrected chi connectivity index (χ1v) is 3.24. The van der Waals surface area contributed by atoms with Gasteiger partial charge in [-0.2, -0.15) is 5.11 Å². The Morgan fingerprint density at radius 3 is 2.36 bits per heavy atom. The van der Waals surface area contributed by atoms with Gasteiger partial charge in [0, 0.05) is 5.69 Å². The Balaban J connectivity index is 2.66. The normalized spacial score (nSPS) is 10.5. The Hall–Kier alpha value is -1.58. The fraction of sp³-hybridized carbons (Fsp3) is 0.143. The van der Waals surface area contributed by atoms with Gasteiger partial charge in [0.25, 0.3) is 0 Å². The standard InChI is InChI=1S/C7H10N4/c8-7-3-1-6(2-4-7)5-10-11-9/h1-4H,5,8H2,(H2,9,10). The van der Waals surface area contributed by atoms with E-state index in [2.05, 4.69) is 10.3 Å². The zero-order chi connectivity index (χ0) is 8.10. The lowest BCUT2D eigenvalue weighted by Gasteiger charge is -1.94. The van der Waals surface area contributed by atoms with Gasteiger partial charge in [-0.1, -0.05) is 17.4 Å². The molecule has 0 heterocycles. The lowest BCUT2D eigenvalue weighted by molar-refractivity contribution is 0.893. The maximum absolute atomic E-state index is 5.48. The number of anilines is 1. The van der Waals surface area contributed by atoms with Crippen molar-refractivity contribution in [2.75, 3.05) is 5.73 Å². The third-order valence-corrected chi connectivity index (χ3v) is 1.31. The second-order valence-corrected chi connectivity index (χ2v) is 2.16. The highest BCUT2D eigenvalue weighted by molar-refractivity contribution is 5.39. The predicted octanol–water partition coefficient (Wildman–Crippen LogP) is 1.09. The zero-order valence-corrected chi connectivity index (χ0v) is 6.07. The van der Waals surface area contributed by atoms with Gasteiger partial charge in [-0.3, -0.25) is 0 Å². The number of hydrogen-bond donors (Lipinski definition) is 2. The minimum Gasteiger partial charge on any atom is -0.399 e. The smallest absolute Gasteiger partial charge is 0.0870 e. The number of benzene rings is 1. The highest BCUT2D eigenvalue weighted by Crippen LogP contribution is 2.05. The highest BCUT2D eigenvalue weighted by atomic mass is 15.3. The van der Waals surface area contributed by atoms with Crippen LogP contribution in [-0.4, -0.2) is 0 Å². The molecule has 4 heteroatoms. The molecule has 0 saturated carbocycles. The average molecular weight is 150 g/mol. The third-order valence-electron chi connectivity index (χ3n) is 1.31. The summed E-state index contributed by atoms with van der Waals surface area (Å²) < 4.78 is 0. The summed E-state index contributed by atoms with van der Waals surface area (Å²) in [6.07, 6.45) is 0. The molecule has 0 fully saturated rings. The molecule has 4 N–H and O–H groups in total. The molecule has 0 bridgehead atoms. The first kappa shape index (κ1) is 7.53. The molecule has 1 rings (SSSR count). The van der Waals surface area contributed by atoms with E-state index in [1.54, 1.807) is 0 Å². The molecule has 0 aliphatic carbocycles. The van der Waals surface area contributed by atoms with Gasteiger partial charge in [0.2, 0.25) is 0 Å². The van der Waals surface area contributed by atoms with Crippen LogP contribution in [0.1, 0.15) is 5.56 Å². The van der Waals surface area contributed by atoms with E-state index in [0.717, 1.165) is 11.3 Å². The first-order valence-electron chi connectivity index (χ1n) is 3.24. The molecular weight excluding hydrogens is 140 g/mol. The molecule has 0 amide bonds. The molecule has 0 unspecified atom stereocenters. The van der Waals surface area contributed by atoms with Crippen LogP contribution in [0.15, 0.2) is 34.6 Å². The van der Waals surface area contributed by atoms with Crippen molar-refractivity contribution in [3.63, 3.8) is 0 Å².